The molecule has 3 aromatic rings. The third kappa shape index (κ3) is 4.34. The minimum atomic E-state index is -0.123. The molecule has 0 atom stereocenters. The van der Waals surface area contributed by atoms with Gasteiger partial charge in [0.1, 0.15) is 0 Å². The summed E-state index contributed by atoms with van der Waals surface area (Å²) >= 11 is 0. The average Bonchev–Trinajstić information content (AvgIpc) is 2.96. The molecule has 0 spiro atoms. The van der Waals surface area contributed by atoms with E-state index in [-0.39, 0.29) is 5.91 Å². The molecule has 2 aromatic carbocycles. The molecule has 0 unspecified atom stereocenters. The fourth-order valence-electron chi connectivity index (χ4n) is 3.31. The summed E-state index contributed by atoms with van der Waals surface area (Å²) in [5.41, 5.74) is 9.34. The first kappa shape index (κ1) is 18.6. The first-order chi connectivity index (χ1) is 13.1. The first-order valence-corrected chi connectivity index (χ1v) is 9.23. The number of benzene rings is 2. The Morgan fingerprint density at radius 2 is 1.78 bits per heavy atom. The van der Waals surface area contributed by atoms with Gasteiger partial charge in [-0.05, 0) is 43.5 Å². The number of aryl methyl sites for hydroxylation is 2. The molecule has 0 aliphatic rings. The summed E-state index contributed by atoms with van der Waals surface area (Å²) in [4.78, 5) is 12.0. The molecule has 3 rings (SSSR count). The Hall–Kier alpha value is -3.14. The van der Waals surface area contributed by atoms with Gasteiger partial charge < -0.3 is 4.57 Å². The highest BCUT2D eigenvalue weighted by Gasteiger charge is 2.11. The number of hydrogen-bond donors (Lipinski definition) is 1. The van der Waals surface area contributed by atoms with E-state index in [0.717, 1.165) is 28.9 Å². The monoisotopic (exact) mass is 359 g/mol. The Labute approximate surface area is 160 Å². The van der Waals surface area contributed by atoms with E-state index in [4.69, 9.17) is 0 Å². The van der Waals surface area contributed by atoms with E-state index in [0.29, 0.717) is 6.42 Å². The number of carbonyl (C=O) groups is 1. The van der Waals surface area contributed by atoms with Crippen LogP contribution < -0.4 is 5.43 Å². The number of para-hydroxylation sites is 1. The smallest absolute Gasteiger partial charge is 0.244 e. The number of carbonyl (C=O) groups excluding carboxylic acids is 1. The van der Waals surface area contributed by atoms with Crippen LogP contribution in [0.2, 0.25) is 0 Å². The van der Waals surface area contributed by atoms with Crippen LogP contribution in [-0.4, -0.2) is 16.7 Å². The van der Waals surface area contributed by atoms with Gasteiger partial charge in [0.15, 0.2) is 0 Å². The largest absolute Gasteiger partial charge is 0.318 e. The Morgan fingerprint density at radius 1 is 1.07 bits per heavy atom. The van der Waals surface area contributed by atoms with Crippen molar-refractivity contribution in [1.29, 1.82) is 0 Å². The SMILES string of the molecule is CCc1ccccc1-n1c(C)cc(/C=N/NC(=O)Cc2ccccc2)c1C. The highest BCUT2D eigenvalue weighted by atomic mass is 16.2. The van der Waals surface area contributed by atoms with Crippen LogP contribution in [0.1, 0.15) is 35.0 Å². The van der Waals surface area contributed by atoms with E-state index < -0.39 is 0 Å². The van der Waals surface area contributed by atoms with Crippen LogP contribution in [0.4, 0.5) is 0 Å². The molecule has 0 saturated carbocycles. The Balaban J connectivity index is 1.75. The zero-order chi connectivity index (χ0) is 19.2. The molecule has 1 aromatic heterocycles. The predicted octanol–water partition coefficient (Wildman–Crippen LogP) is 4.35. The molecule has 0 aliphatic heterocycles. The van der Waals surface area contributed by atoms with Gasteiger partial charge in [-0.1, -0.05) is 55.5 Å². The second-order valence-electron chi connectivity index (χ2n) is 6.60. The lowest BCUT2D eigenvalue weighted by Crippen LogP contribution is -2.19. The van der Waals surface area contributed by atoms with Gasteiger partial charge in [-0.15, -0.1) is 0 Å². The van der Waals surface area contributed by atoms with Crippen LogP contribution in [0.25, 0.3) is 5.69 Å². The molecule has 4 heteroatoms. The van der Waals surface area contributed by atoms with Crippen molar-refractivity contribution in [3.63, 3.8) is 0 Å². The van der Waals surface area contributed by atoms with E-state index in [1.165, 1.54) is 11.3 Å². The maximum Gasteiger partial charge on any atom is 0.244 e. The van der Waals surface area contributed by atoms with Gasteiger partial charge >= 0.3 is 0 Å². The van der Waals surface area contributed by atoms with Crippen molar-refractivity contribution >= 4 is 12.1 Å². The van der Waals surface area contributed by atoms with Gasteiger partial charge in [-0.25, -0.2) is 5.43 Å². The number of nitrogens with one attached hydrogen (secondary N) is 1. The van der Waals surface area contributed by atoms with E-state index in [1.807, 2.05) is 30.3 Å². The lowest BCUT2D eigenvalue weighted by molar-refractivity contribution is -0.120. The molecule has 0 radical (unpaired) electrons. The molecule has 0 bridgehead atoms. The quantitative estimate of drug-likeness (QED) is 0.516. The molecule has 1 heterocycles. The second kappa shape index (κ2) is 8.49. The number of hydrazone groups is 1. The zero-order valence-corrected chi connectivity index (χ0v) is 16.1. The fourth-order valence-corrected chi connectivity index (χ4v) is 3.31. The van der Waals surface area contributed by atoms with E-state index in [2.05, 4.69) is 66.2 Å². The molecule has 0 aliphatic carbocycles. The van der Waals surface area contributed by atoms with Gasteiger partial charge in [-0.2, -0.15) is 5.10 Å². The Bertz CT molecular complexity index is 955. The molecule has 27 heavy (non-hydrogen) atoms. The number of rotatable bonds is 6. The van der Waals surface area contributed by atoms with Crippen LogP contribution in [0.5, 0.6) is 0 Å². The van der Waals surface area contributed by atoms with E-state index in [1.54, 1.807) is 6.21 Å². The minimum Gasteiger partial charge on any atom is -0.318 e. The maximum absolute atomic E-state index is 12.0. The number of amides is 1. The third-order valence-corrected chi connectivity index (χ3v) is 4.68. The van der Waals surface area contributed by atoms with E-state index >= 15 is 0 Å². The van der Waals surface area contributed by atoms with Crippen molar-refractivity contribution in [3.05, 3.63) is 88.7 Å². The average molecular weight is 359 g/mol. The standard InChI is InChI=1S/C23H25N3O/c1-4-20-12-8-9-13-22(20)26-17(2)14-21(18(26)3)16-24-25-23(27)15-19-10-6-5-7-11-19/h5-14,16H,4,15H2,1-3H3,(H,25,27)/b24-16+. The van der Waals surface area contributed by atoms with Crippen molar-refractivity contribution in [1.82, 2.24) is 9.99 Å². The molecule has 1 amide bonds. The van der Waals surface area contributed by atoms with Crippen molar-refractivity contribution in [2.24, 2.45) is 5.10 Å². The molecule has 4 nitrogen and oxygen atoms in total. The van der Waals surface area contributed by atoms with Crippen molar-refractivity contribution in [3.8, 4) is 5.69 Å². The lowest BCUT2D eigenvalue weighted by Gasteiger charge is -2.13. The summed E-state index contributed by atoms with van der Waals surface area (Å²) in [6.07, 6.45) is 3.02. The highest BCUT2D eigenvalue weighted by molar-refractivity contribution is 5.84. The summed E-state index contributed by atoms with van der Waals surface area (Å²) < 4.78 is 2.24. The number of nitrogens with zero attached hydrogens (tertiary/aromatic N) is 2. The van der Waals surface area contributed by atoms with Crippen LogP contribution in [0, 0.1) is 13.8 Å². The molecule has 138 valence electrons. The first-order valence-electron chi connectivity index (χ1n) is 9.23. The van der Waals surface area contributed by atoms with Gasteiger partial charge in [0.2, 0.25) is 5.91 Å². The summed E-state index contributed by atoms with van der Waals surface area (Å²) in [6.45, 7) is 6.33. The zero-order valence-electron chi connectivity index (χ0n) is 16.1. The van der Waals surface area contributed by atoms with Gasteiger partial charge in [0, 0.05) is 22.6 Å². The van der Waals surface area contributed by atoms with E-state index in [9.17, 15) is 4.79 Å². The molecule has 0 fully saturated rings. The Morgan fingerprint density at radius 3 is 2.52 bits per heavy atom. The van der Waals surface area contributed by atoms with Crippen molar-refractivity contribution < 1.29 is 4.79 Å². The van der Waals surface area contributed by atoms with Crippen LogP contribution in [-0.2, 0) is 17.6 Å². The van der Waals surface area contributed by atoms with Crippen molar-refractivity contribution in [2.75, 3.05) is 0 Å². The topological polar surface area (TPSA) is 46.4 Å². The number of hydrogen-bond acceptors (Lipinski definition) is 2. The summed E-state index contributed by atoms with van der Waals surface area (Å²) in [5.74, 6) is -0.123. The highest BCUT2D eigenvalue weighted by Crippen LogP contribution is 2.23. The third-order valence-electron chi connectivity index (χ3n) is 4.68. The summed E-state index contributed by atoms with van der Waals surface area (Å²) in [7, 11) is 0. The lowest BCUT2D eigenvalue weighted by atomic mass is 10.1. The summed E-state index contributed by atoms with van der Waals surface area (Å²) in [6, 6.07) is 20.2. The summed E-state index contributed by atoms with van der Waals surface area (Å²) in [5, 5.41) is 4.15. The molecular formula is C23H25N3O. The minimum absolute atomic E-state index is 0.123. The van der Waals surface area contributed by atoms with Gasteiger partial charge in [-0.3, -0.25) is 4.79 Å². The number of aromatic nitrogens is 1. The normalized spacial score (nSPS) is 11.1. The molecule has 0 saturated heterocycles. The molecule has 1 N–H and O–H groups in total. The van der Waals surface area contributed by atoms with Crippen LogP contribution in [0.15, 0.2) is 65.8 Å². The maximum atomic E-state index is 12.0. The van der Waals surface area contributed by atoms with Gasteiger partial charge in [0.05, 0.1) is 12.6 Å². The fraction of sp³-hybridized carbons (Fsp3) is 0.217. The van der Waals surface area contributed by atoms with Gasteiger partial charge in [0.25, 0.3) is 0 Å². The Kier molecular flexibility index (Phi) is 5.87. The second-order valence-corrected chi connectivity index (χ2v) is 6.60. The van der Waals surface area contributed by atoms with Crippen LogP contribution >= 0.6 is 0 Å². The van der Waals surface area contributed by atoms with Crippen LogP contribution in [0.3, 0.4) is 0 Å². The predicted molar refractivity (Wildman–Crippen MR) is 111 cm³/mol. The van der Waals surface area contributed by atoms with Crippen molar-refractivity contribution in [2.45, 2.75) is 33.6 Å². The molecular weight excluding hydrogens is 334 g/mol.